The third-order valence-electron chi connectivity index (χ3n) is 5.27. The van der Waals surface area contributed by atoms with Crippen LogP contribution >= 0.6 is 0 Å². The molecule has 166 valence electrons. The molecule has 5 rings (SSSR count). The van der Waals surface area contributed by atoms with Gasteiger partial charge < -0.3 is 15.8 Å². The van der Waals surface area contributed by atoms with Gasteiger partial charge in [-0.2, -0.15) is 10.4 Å². The van der Waals surface area contributed by atoms with Crippen molar-refractivity contribution in [2.24, 2.45) is 5.73 Å². The third kappa shape index (κ3) is 4.20. The Morgan fingerprint density at radius 1 is 1.12 bits per heavy atom. The highest BCUT2D eigenvalue weighted by molar-refractivity contribution is 5.93. The summed E-state index contributed by atoms with van der Waals surface area (Å²) in [6, 6.07) is 22.6. The number of amides is 1. The quantitative estimate of drug-likeness (QED) is 0.340. The summed E-state index contributed by atoms with van der Waals surface area (Å²) in [6.07, 6.45) is 0.593. The van der Waals surface area contributed by atoms with Gasteiger partial charge in [-0.25, -0.2) is 9.97 Å². The van der Waals surface area contributed by atoms with Crippen molar-refractivity contribution in [3.63, 3.8) is 0 Å². The van der Waals surface area contributed by atoms with E-state index in [1.807, 2.05) is 54.6 Å². The lowest BCUT2D eigenvalue weighted by atomic mass is 10.1. The van der Waals surface area contributed by atoms with E-state index in [1.165, 1.54) is 0 Å². The van der Waals surface area contributed by atoms with Crippen molar-refractivity contribution in [3.05, 3.63) is 72.9 Å². The molecule has 2 heterocycles. The molecule has 0 fully saturated rings. The summed E-state index contributed by atoms with van der Waals surface area (Å²) in [7, 11) is 0. The first-order valence-electron chi connectivity index (χ1n) is 10.5. The van der Waals surface area contributed by atoms with Gasteiger partial charge in [0, 0.05) is 22.0 Å². The van der Waals surface area contributed by atoms with Gasteiger partial charge in [-0.1, -0.05) is 24.3 Å². The number of primary amides is 1. The second-order valence-corrected chi connectivity index (χ2v) is 7.61. The molecule has 34 heavy (non-hydrogen) atoms. The fraction of sp³-hybridized carbons (Fsp3) is 0.0800. The van der Waals surface area contributed by atoms with E-state index >= 15 is 0 Å². The van der Waals surface area contributed by atoms with Crippen molar-refractivity contribution in [1.29, 1.82) is 5.26 Å². The number of ether oxygens (including phenoxy) is 1. The van der Waals surface area contributed by atoms with Crippen LogP contribution in [0.25, 0.3) is 33.2 Å². The van der Waals surface area contributed by atoms with Gasteiger partial charge in [0.25, 0.3) is 5.91 Å². The topological polar surface area (TPSA) is 143 Å². The number of para-hydroxylation sites is 1. The van der Waals surface area contributed by atoms with Crippen molar-refractivity contribution in [1.82, 2.24) is 20.2 Å². The Hall–Kier alpha value is -4.97. The first-order valence-corrected chi connectivity index (χ1v) is 10.5. The number of nitrogens with zero attached hydrogens (tertiary/aromatic N) is 4. The van der Waals surface area contributed by atoms with Gasteiger partial charge in [-0.05, 0) is 42.5 Å². The summed E-state index contributed by atoms with van der Waals surface area (Å²) in [5.74, 6) is 0.824. The Balaban J connectivity index is 1.53. The lowest BCUT2D eigenvalue weighted by Gasteiger charge is -2.14. The minimum atomic E-state index is -1.03. The standard InChI is InChI=1S/C25H19N7O2/c26-11-10-22(23(27)33)34-18-5-3-4-15(13-18)24-30-21-7-2-1-6-19(21)25(31-24)29-17-8-9-20-16(12-17)14-28-32-20/h1-9,12-14,22H,10H2,(H2,27,33)(H,28,32)(H,29,30,31). The molecule has 0 saturated heterocycles. The number of nitriles is 1. The fourth-order valence-corrected chi connectivity index (χ4v) is 3.61. The van der Waals surface area contributed by atoms with Gasteiger partial charge in [-0.15, -0.1) is 0 Å². The fourth-order valence-electron chi connectivity index (χ4n) is 3.61. The Bertz CT molecular complexity index is 1550. The van der Waals surface area contributed by atoms with Crippen molar-refractivity contribution >= 4 is 39.2 Å². The van der Waals surface area contributed by atoms with E-state index in [1.54, 1.807) is 24.4 Å². The molecule has 9 heteroatoms. The molecule has 0 aliphatic rings. The summed E-state index contributed by atoms with van der Waals surface area (Å²) in [5, 5.41) is 21.2. The number of nitrogens with one attached hydrogen (secondary N) is 2. The number of aromatic nitrogens is 4. The molecular formula is C25H19N7O2. The maximum atomic E-state index is 11.6. The number of carbonyl (C=O) groups is 1. The molecule has 0 bridgehead atoms. The number of hydrogen-bond acceptors (Lipinski definition) is 7. The number of fused-ring (bicyclic) bond motifs is 2. The second-order valence-electron chi connectivity index (χ2n) is 7.61. The summed E-state index contributed by atoms with van der Waals surface area (Å²) < 4.78 is 5.65. The smallest absolute Gasteiger partial charge is 0.259 e. The van der Waals surface area contributed by atoms with E-state index in [0.29, 0.717) is 23.0 Å². The average Bonchev–Trinajstić information content (AvgIpc) is 3.32. The number of benzene rings is 3. The monoisotopic (exact) mass is 449 g/mol. The minimum absolute atomic E-state index is 0.138. The predicted octanol–water partition coefficient (Wildman–Crippen LogP) is 4.06. The number of aromatic amines is 1. The van der Waals surface area contributed by atoms with Gasteiger partial charge in [0.1, 0.15) is 11.6 Å². The molecule has 0 spiro atoms. The van der Waals surface area contributed by atoms with Crippen LogP contribution in [-0.4, -0.2) is 32.2 Å². The van der Waals surface area contributed by atoms with Crippen LogP contribution < -0.4 is 15.8 Å². The highest BCUT2D eigenvalue weighted by Gasteiger charge is 2.18. The van der Waals surface area contributed by atoms with E-state index in [0.717, 1.165) is 27.5 Å². The molecular weight excluding hydrogens is 430 g/mol. The molecule has 1 unspecified atom stereocenters. The van der Waals surface area contributed by atoms with Gasteiger partial charge >= 0.3 is 0 Å². The Morgan fingerprint density at radius 3 is 2.85 bits per heavy atom. The summed E-state index contributed by atoms with van der Waals surface area (Å²) in [5.41, 5.74) is 8.62. The van der Waals surface area contributed by atoms with Gasteiger partial charge in [0.2, 0.25) is 0 Å². The number of rotatable bonds is 7. The Labute approximate surface area is 194 Å². The van der Waals surface area contributed by atoms with Crippen molar-refractivity contribution in [2.75, 3.05) is 5.32 Å². The average molecular weight is 449 g/mol. The maximum absolute atomic E-state index is 11.6. The molecule has 0 saturated carbocycles. The zero-order valence-electron chi connectivity index (χ0n) is 17.9. The van der Waals surface area contributed by atoms with E-state index < -0.39 is 12.0 Å². The normalized spacial score (nSPS) is 11.7. The van der Waals surface area contributed by atoms with Crippen LogP contribution in [0.2, 0.25) is 0 Å². The Morgan fingerprint density at radius 2 is 2.00 bits per heavy atom. The molecule has 0 radical (unpaired) electrons. The SMILES string of the molecule is N#CCC(Oc1cccc(-c2nc(Nc3ccc4[nH]ncc4c3)c3ccccc3n2)c1)C(N)=O. The van der Waals surface area contributed by atoms with Crippen LogP contribution in [0.1, 0.15) is 6.42 Å². The van der Waals surface area contributed by atoms with Gasteiger partial charge in [-0.3, -0.25) is 9.89 Å². The number of anilines is 2. The lowest BCUT2D eigenvalue weighted by molar-refractivity contribution is -0.124. The Kier molecular flexibility index (Phi) is 5.46. The maximum Gasteiger partial charge on any atom is 0.259 e. The van der Waals surface area contributed by atoms with Crippen molar-refractivity contribution in [3.8, 4) is 23.2 Å². The molecule has 0 aliphatic heterocycles. The van der Waals surface area contributed by atoms with Crippen LogP contribution in [0.5, 0.6) is 5.75 Å². The predicted molar refractivity (Wildman–Crippen MR) is 128 cm³/mol. The number of hydrogen-bond donors (Lipinski definition) is 3. The largest absolute Gasteiger partial charge is 0.479 e. The first-order chi connectivity index (χ1) is 16.6. The molecule has 2 aromatic heterocycles. The molecule has 1 atom stereocenters. The summed E-state index contributed by atoms with van der Waals surface area (Å²) in [6.45, 7) is 0. The highest BCUT2D eigenvalue weighted by atomic mass is 16.5. The molecule has 9 nitrogen and oxygen atoms in total. The molecule has 4 N–H and O–H groups in total. The number of carbonyl (C=O) groups excluding carboxylic acids is 1. The molecule has 3 aromatic carbocycles. The highest BCUT2D eigenvalue weighted by Crippen LogP contribution is 2.30. The van der Waals surface area contributed by atoms with E-state index in [9.17, 15) is 4.79 Å². The summed E-state index contributed by atoms with van der Waals surface area (Å²) in [4.78, 5) is 21.1. The van der Waals surface area contributed by atoms with Crippen LogP contribution in [0.15, 0.2) is 72.9 Å². The van der Waals surface area contributed by atoms with E-state index in [-0.39, 0.29) is 6.42 Å². The van der Waals surface area contributed by atoms with Gasteiger partial charge in [0.05, 0.1) is 29.7 Å². The molecule has 5 aromatic rings. The van der Waals surface area contributed by atoms with Crippen molar-refractivity contribution < 1.29 is 9.53 Å². The lowest BCUT2D eigenvalue weighted by Crippen LogP contribution is -2.33. The van der Waals surface area contributed by atoms with Crippen molar-refractivity contribution in [2.45, 2.75) is 12.5 Å². The summed E-state index contributed by atoms with van der Waals surface area (Å²) >= 11 is 0. The van der Waals surface area contributed by atoms with Crippen LogP contribution in [0, 0.1) is 11.3 Å². The molecule has 0 aliphatic carbocycles. The van der Waals surface area contributed by atoms with Crippen LogP contribution in [0.4, 0.5) is 11.5 Å². The zero-order valence-corrected chi connectivity index (χ0v) is 17.9. The van der Waals surface area contributed by atoms with Gasteiger partial charge in [0.15, 0.2) is 11.9 Å². The van der Waals surface area contributed by atoms with E-state index in [2.05, 4.69) is 15.5 Å². The molecule has 1 amide bonds. The number of H-pyrrole nitrogens is 1. The van der Waals surface area contributed by atoms with Crippen LogP contribution in [-0.2, 0) is 4.79 Å². The number of nitrogens with two attached hydrogens (primary N) is 1. The minimum Gasteiger partial charge on any atom is -0.479 e. The van der Waals surface area contributed by atoms with Crippen LogP contribution in [0.3, 0.4) is 0 Å². The second kappa shape index (κ2) is 8.88. The first kappa shape index (κ1) is 20.9. The zero-order chi connectivity index (χ0) is 23.5. The van der Waals surface area contributed by atoms with E-state index in [4.69, 9.17) is 25.7 Å². The third-order valence-corrected chi connectivity index (χ3v) is 5.27.